The van der Waals surface area contributed by atoms with Gasteiger partial charge in [0.15, 0.2) is 0 Å². The number of nitriles is 1. The van der Waals surface area contributed by atoms with Gasteiger partial charge in [-0.25, -0.2) is 0 Å². The molecule has 0 aliphatic carbocycles. The van der Waals surface area contributed by atoms with Crippen molar-refractivity contribution in [1.29, 1.82) is 5.26 Å². The summed E-state index contributed by atoms with van der Waals surface area (Å²) in [5.41, 5.74) is 0.944. The second kappa shape index (κ2) is 10.5. The van der Waals surface area contributed by atoms with Crippen molar-refractivity contribution in [2.45, 2.75) is 46.5 Å². The van der Waals surface area contributed by atoms with E-state index in [-0.39, 0.29) is 0 Å². The Labute approximate surface area is 135 Å². The molecule has 0 heterocycles. The molecule has 5 heteroatoms. The van der Waals surface area contributed by atoms with Gasteiger partial charge in [-0.2, -0.15) is 5.26 Å². The molecule has 22 heavy (non-hydrogen) atoms. The Bertz CT molecular complexity index is 451. The lowest BCUT2D eigenvalue weighted by Gasteiger charge is -2.31. The molecule has 0 amide bonds. The largest absolute Gasteiger partial charge is 0.537 e. The van der Waals surface area contributed by atoms with Crippen LogP contribution < -0.4 is 5.19 Å². The maximum atomic E-state index is 9.08. The molecule has 0 aliphatic rings. The molecule has 0 saturated carbocycles. The van der Waals surface area contributed by atoms with Crippen molar-refractivity contribution in [3.63, 3.8) is 0 Å². The van der Waals surface area contributed by atoms with E-state index in [0.29, 0.717) is 26.2 Å². The summed E-state index contributed by atoms with van der Waals surface area (Å²) in [5.74, 6) is 0. The molecule has 0 spiro atoms. The van der Waals surface area contributed by atoms with Crippen LogP contribution in [0.1, 0.15) is 45.6 Å². The Morgan fingerprint density at radius 3 is 1.86 bits per heavy atom. The minimum absolute atomic E-state index is 0.339. The monoisotopic (exact) mass is 321 g/mol. The second-order valence-corrected chi connectivity index (χ2v) is 7.61. The molecule has 0 unspecified atom stereocenters. The van der Waals surface area contributed by atoms with Crippen molar-refractivity contribution >= 4 is 14.0 Å². The first kappa shape index (κ1) is 18.9. The maximum Gasteiger partial charge on any atom is 0.537 e. The van der Waals surface area contributed by atoms with Crippen LogP contribution in [0, 0.1) is 11.3 Å². The number of nitrogens with zero attached hydrogens (tertiary/aromatic N) is 1. The molecule has 1 aromatic rings. The van der Waals surface area contributed by atoms with E-state index in [4.69, 9.17) is 18.5 Å². The molecule has 122 valence electrons. The van der Waals surface area contributed by atoms with E-state index in [9.17, 15) is 0 Å². The van der Waals surface area contributed by atoms with Gasteiger partial charge in [0.2, 0.25) is 0 Å². The number of hydrogen-bond acceptors (Lipinski definition) is 4. The van der Waals surface area contributed by atoms with Gasteiger partial charge in [0.1, 0.15) is 0 Å². The highest BCUT2D eigenvalue weighted by atomic mass is 28.4. The van der Waals surface area contributed by atoms with Gasteiger partial charge in [0.25, 0.3) is 0 Å². The first-order chi connectivity index (χ1) is 10.7. The third-order valence-electron chi connectivity index (χ3n) is 3.11. The third kappa shape index (κ3) is 5.22. The number of benzene rings is 1. The molecule has 0 N–H and O–H groups in total. The minimum atomic E-state index is -2.97. The fraction of sp³-hybridized carbons (Fsp3) is 0.588. The Balaban J connectivity index is 3.22. The minimum Gasteiger partial charge on any atom is -0.370 e. The van der Waals surface area contributed by atoms with Crippen LogP contribution in [-0.2, 0) is 19.7 Å². The quantitative estimate of drug-likeness (QED) is 0.587. The summed E-state index contributed by atoms with van der Waals surface area (Å²) in [5, 5.41) is 10.0. The number of rotatable bonds is 11. The van der Waals surface area contributed by atoms with E-state index in [1.54, 1.807) is 0 Å². The highest BCUT2D eigenvalue weighted by Crippen LogP contribution is 2.15. The van der Waals surface area contributed by atoms with Crippen molar-refractivity contribution in [1.82, 2.24) is 0 Å². The maximum absolute atomic E-state index is 9.08. The highest BCUT2D eigenvalue weighted by molar-refractivity contribution is 6.75. The zero-order valence-electron chi connectivity index (χ0n) is 13.9. The predicted octanol–water partition coefficient (Wildman–Crippen LogP) is 3.18. The van der Waals surface area contributed by atoms with Crippen molar-refractivity contribution in [3.8, 4) is 6.07 Å². The summed E-state index contributed by atoms with van der Waals surface area (Å²) in [7, 11) is -2.97. The van der Waals surface area contributed by atoms with Crippen molar-refractivity contribution in [3.05, 3.63) is 29.8 Å². The molecule has 0 radical (unpaired) electrons. The lowest BCUT2D eigenvalue weighted by molar-refractivity contribution is 0.0730. The van der Waals surface area contributed by atoms with E-state index in [2.05, 4.69) is 26.8 Å². The van der Waals surface area contributed by atoms with E-state index < -0.39 is 8.80 Å². The normalized spacial score (nSPS) is 11.4. The van der Waals surface area contributed by atoms with Crippen molar-refractivity contribution in [2.75, 3.05) is 19.8 Å². The van der Waals surface area contributed by atoms with Crippen LogP contribution in [-0.4, -0.2) is 28.6 Å². The van der Waals surface area contributed by atoms with Gasteiger partial charge < -0.3 is 13.3 Å². The van der Waals surface area contributed by atoms with Gasteiger partial charge in [0, 0.05) is 25.0 Å². The summed E-state index contributed by atoms with van der Waals surface area (Å²) >= 11 is 0. The summed E-state index contributed by atoms with van der Waals surface area (Å²) in [4.78, 5) is 0. The van der Waals surface area contributed by atoms with Crippen molar-refractivity contribution in [2.24, 2.45) is 0 Å². The summed E-state index contributed by atoms with van der Waals surface area (Å²) in [6.45, 7) is 8.00. The molecule has 0 aliphatic heterocycles. The van der Waals surface area contributed by atoms with E-state index in [0.717, 1.165) is 30.0 Å². The van der Waals surface area contributed by atoms with E-state index >= 15 is 0 Å². The van der Waals surface area contributed by atoms with Crippen LogP contribution >= 0.6 is 0 Å². The van der Waals surface area contributed by atoms with Crippen LogP contribution in [0.3, 0.4) is 0 Å². The first-order valence-corrected chi connectivity index (χ1v) is 9.83. The molecule has 0 aromatic heterocycles. The number of hydrogen-bond donors (Lipinski definition) is 0. The molecule has 0 saturated heterocycles. The third-order valence-corrected chi connectivity index (χ3v) is 6.01. The summed E-state index contributed by atoms with van der Waals surface area (Å²) in [6.07, 6.45) is 3.05. The van der Waals surface area contributed by atoms with Gasteiger partial charge in [-0.3, -0.25) is 0 Å². The Morgan fingerprint density at radius 2 is 1.41 bits per heavy atom. The fourth-order valence-electron chi connectivity index (χ4n) is 2.13. The van der Waals surface area contributed by atoms with E-state index in [1.807, 2.05) is 24.3 Å². The molecule has 1 aromatic carbocycles. The Hall–Kier alpha value is -1.19. The van der Waals surface area contributed by atoms with Gasteiger partial charge >= 0.3 is 8.80 Å². The van der Waals surface area contributed by atoms with Gasteiger partial charge in [-0.15, -0.1) is 0 Å². The molecular formula is C17H27NO3Si. The Morgan fingerprint density at radius 1 is 0.909 bits per heavy atom. The van der Waals surface area contributed by atoms with Crippen LogP contribution in [0.4, 0.5) is 0 Å². The van der Waals surface area contributed by atoms with Crippen molar-refractivity contribution < 1.29 is 13.3 Å². The molecule has 1 rings (SSSR count). The standard InChI is InChI=1S/C17H27NO3Si/c1-4-13-19-22(20-14-5-2,21-15-6-3)17-10-8-7-9-16(17)11-12-18/h7-10H,4-6,11,13-15H2,1-3H3. The molecule has 4 nitrogen and oxygen atoms in total. The zero-order valence-corrected chi connectivity index (χ0v) is 14.9. The topological polar surface area (TPSA) is 51.5 Å². The zero-order chi connectivity index (χ0) is 16.3. The van der Waals surface area contributed by atoms with Crippen LogP contribution in [0.25, 0.3) is 0 Å². The van der Waals surface area contributed by atoms with Crippen LogP contribution in [0.5, 0.6) is 0 Å². The molecular weight excluding hydrogens is 294 g/mol. The smallest absolute Gasteiger partial charge is 0.370 e. The SMILES string of the molecule is CCCO[Si](OCCC)(OCCC)c1ccccc1CC#N. The van der Waals surface area contributed by atoms with Crippen LogP contribution in [0.2, 0.25) is 0 Å². The molecule has 0 bridgehead atoms. The molecule has 0 atom stereocenters. The summed E-state index contributed by atoms with van der Waals surface area (Å²) in [6, 6.07) is 10.1. The fourth-order valence-corrected chi connectivity index (χ4v) is 5.13. The average molecular weight is 321 g/mol. The van der Waals surface area contributed by atoms with Gasteiger partial charge in [0.05, 0.1) is 12.5 Å². The lowest BCUT2D eigenvalue weighted by atomic mass is 10.2. The van der Waals surface area contributed by atoms with Crippen LogP contribution in [0.15, 0.2) is 24.3 Å². The lowest BCUT2D eigenvalue weighted by Crippen LogP contribution is -2.58. The first-order valence-electron chi connectivity index (χ1n) is 8.11. The highest BCUT2D eigenvalue weighted by Gasteiger charge is 2.45. The van der Waals surface area contributed by atoms with Gasteiger partial charge in [-0.1, -0.05) is 45.0 Å². The molecule has 0 fully saturated rings. The summed E-state index contributed by atoms with van der Waals surface area (Å²) < 4.78 is 18.4. The predicted molar refractivity (Wildman–Crippen MR) is 89.9 cm³/mol. The van der Waals surface area contributed by atoms with Gasteiger partial charge in [-0.05, 0) is 24.8 Å². The average Bonchev–Trinajstić information content (AvgIpc) is 2.56. The van der Waals surface area contributed by atoms with E-state index in [1.165, 1.54) is 0 Å². The second-order valence-electron chi connectivity index (χ2n) is 5.09. The Kier molecular flexibility index (Phi) is 9.02.